The van der Waals surface area contributed by atoms with Crippen molar-refractivity contribution < 1.29 is 4.79 Å². The van der Waals surface area contributed by atoms with Gasteiger partial charge in [0.1, 0.15) is 0 Å². The summed E-state index contributed by atoms with van der Waals surface area (Å²) in [5.41, 5.74) is 5.38. The smallest absolute Gasteiger partial charge is 0.315 e. The molecule has 2 amide bonds. The van der Waals surface area contributed by atoms with Crippen molar-refractivity contribution >= 4 is 22.8 Å². The van der Waals surface area contributed by atoms with E-state index in [9.17, 15) is 4.79 Å². The van der Waals surface area contributed by atoms with Gasteiger partial charge >= 0.3 is 6.03 Å². The topological polar surface area (TPSA) is 58.7 Å². The molecule has 0 saturated heterocycles. The third kappa shape index (κ3) is 2.70. The number of urea groups is 1. The van der Waals surface area contributed by atoms with E-state index in [1.54, 1.807) is 4.90 Å². The summed E-state index contributed by atoms with van der Waals surface area (Å²) in [4.78, 5) is 17.7. The molecule has 0 spiro atoms. The summed E-state index contributed by atoms with van der Waals surface area (Å²) in [6.45, 7) is 5.01. The number of carbonyl (C=O) groups is 1. The maximum absolute atomic E-state index is 11.3. The van der Waals surface area contributed by atoms with E-state index in [1.807, 2.05) is 11.8 Å². The highest BCUT2D eigenvalue weighted by molar-refractivity contribution is 8.14. The summed E-state index contributed by atoms with van der Waals surface area (Å²) < 4.78 is 0. The molecule has 4 nitrogen and oxygen atoms in total. The van der Waals surface area contributed by atoms with Crippen molar-refractivity contribution in [2.45, 2.75) is 38.8 Å². The second-order valence-corrected chi connectivity index (χ2v) is 5.85. The fourth-order valence-corrected chi connectivity index (χ4v) is 2.98. The fourth-order valence-electron chi connectivity index (χ4n) is 1.88. The Morgan fingerprint density at radius 3 is 2.75 bits per heavy atom. The molecule has 1 aliphatic carbocycles. The molecule has 5 heteroatoms. The molecule has 0 aromatic carbocycles. The molecule has 2 aliphatic rings. The van der Waals surface area contributed by atoms with Crippen molar-refractivity contribution in [3.8, 4) is 0 Å². The average Bonchev–Trinajstić information content (AvgIpc) is 2.92. The molecule has 1 atom stereocenters. The van der Waals surface area contributed by atoms with Gasteiger partial charge in [0.2, 0.25) is 0 Å². The van der Waals surface area contributed by atoms with Crippen molar-refractivity contribution in [1.82, 2.24) is 4.90 Å². The Bertz CT molecular complexity index is 312. The van der Waals surface area contributed by atoms with Crippen LogP contribution in [0.4, 0.5) is 4.79 Å². The lowest BCUT2D eigenvalue weighted by atomic mass is 10.2. The summed E-state index contributed by atoms with van der Waals surface area (Å²) >= 11 is 1.82. The number of hydrogen-bond acceptors (Lipinski definition) is 3. The molecule has 1 saturated carbocycles. The largest absolute Gasteiger partial charge is 0.351 e. The molecule has 1 heterocycles. The summed E-state index contributed by atoms with van der Waals surface area (Å²) in [5.74, 6) is 1.49. The van der Waals surface area contributed by atoms with Crippen LogP contribution in [0.2, 0.25) is 0 Å². The molecule has 0 radical (unpaired) electrons. The van der Waals surface area contributed by atoms with Crippen LogP contribution >= 0.6 is 11.8 Å². The number of hydrogen-bond donors (Lipinski definition) is 1. The average molecular weight is 241 g/mol. The first kappa shape index (κ1) is 11.8. The van der Waals surface area contributed by atoms with Crippen LogP contribution in [0.15, 0.2) is 4.99 Å². The van der Waals surface area contributed by atoms with Gasteiger partial charge in [0.25, 0.3) is 0 Å². The molecule has 90 valence electrons. The second-order valence-electron chi connectivity index (χ2n) is 4.81. The molecule has 1 fully saturated rings. The Hall–Kier alpha value is -0.710. The Balaban J connectivity index is 1.92. The first-order valence-electron chi connectivity index (χ1n) is 5.84. The van der Waals surface area contributed by atoms with Crippen LogP contribution in [0, 0.1) is 5.92 Å². The Kier molecular flexibility index (Phi) is 3.42. The summed E-state index contributed by atoms with van der Waals surface area (Å²) in [6, 6.07) is 0.344. The minimum absolute atomic E-state index is 0.246. The van der Waals surface area contributed by atoms with Crippen LogP contribution in [0.1, 0.15) is 26.7 Å². The minimum Gasteiger partial charge on any atom is -0.351 e. The normalized spacial score (nSPS) is 24.7. The van der Waals surface area contributed by atoms with Crippen LogP contribution in [0.25, 0.3) is 0 Å². The van der Waals surface area contributed by atoms with Crippen molar-refractivity contribution in [3.63, 3.8) is 0 Å². The SMILES string of the molecule is CC(C)C1=NC(CN(C(N)=O)C2CC2)CS1. The van der Waals surface area contributed by atoms with Crippen molar-refractivity contribution in [2.24, 2.45) is 16.6 Å². The third-order valence-electron chi connectivity index (χ3n) is 2.91. The van der Waals surface area contributed by atoms with Gasteiger partial charge < -0.3 is 10.6 Å². The second kappa shape index (κ2) is 4.65. The van der Waals surface area contributed by atoms with Gasteiger partial charge in [-0.25, -0.2) is 4.79 Å². The van der Waals surface area contributed by atoms with Crippen molar-refractivity contribution in [3.05, 3.63) is 0 Å². The number of primary amides is 1. The monoisotopic (exact) mass is 241 g/mol. The fraction of sp³-hybridized carbons (Fsp3) is 0.818. The van der Waals surface area contributed by atoms with Gasteiger partial charge in [-0.05, 0) is 12.8 Å². The number of amides is 2. The molecule has 2 rings (SSSR count). The molecule has 2 N–H and O–H groups in total. The highest BCUT2D eigenvalue weighted by Gasteiger charge is 2.34. The van der Waals surface area contributed by atoms with Gasteiger partial charge in [-0.1, -0.05) is 13.8 Å². The standard InChI is InChI=1S/C11H19N3OS/c1-7(2)10-13-8(6-16-10)5-14(11(12)15)9-3-4-9/h7-9H,3-6H2,1-2H3,(H2,12,15). The molecule has 16 heavy (non-hydrogen) atoms. The number of thioether (sulfide) groups is 1. The molecular weight excluding hydrogens is 222 g/mol. The maximum Gasteiger partial charge on any atom is 0.315 e. The number of carbonyl (C=O) groups excluding carboxylic acids is 1. The summed E-state index contributed by atoms with van der Waals surface area (Å²) in [7, 11) is 0. The van der Waals surface area contributed by atoms with Gasteiger partial charge in [0, 0.05) is 24.3 Å². The lowest BCUT2D eigenvalue weighted by molar-refractivity contribution is 0.202. The van der Waals surface area contributed by atoms with E-state index in [4.69, 9.17) is 5.73 Å². The van der Waals surface area contributed by atoms with Crippen LogP contribution in [0.5, 0.6) is 0 Å². The van der Waals surface area contributed by atoms with Crippen LogP contribution in [0.3, 0.4) is 0 Å². The number of nitrogens with zero attached hydrogens (tertiary/aromatic N) is 2. The van der Waals surface area contributed by atoms with Crippen LogP contribution in [-0.2, 0) is 0 Å². The van der Waals surface area contributed by atoms with Gasteiger partial charge in [-0.3, -0.25) is 4.99 Å². The number of nitrogens with two attached hydrogens (primary N) is 1. The predicted molar refractivity (Wildman–Crippen MR) is 67.8 cm³/mol. The zero-order valence-electron chi connectivity index (χ0n) is 9.85. The van der Waals surface area contributed by atoms with Gasteiger partial charge in [0.15, 0.2) is 0 Å². The van der Waals surface area contributed by atoms with Crippen LogP contribution < -0.4 is 5.73 Å². The van der Waals surface area contributed by atoms with Gasteiger partial charge in [-0.2, -0.15) is 0 Å². The lowest BCUT2D eigenvalue weighted by Crippen LogP contribution is -2.42. The zero-order chi connectivity index (χ0) is 11.7. The van der Waals surface area contributed by atoms with E-state index in [2.05, 4.69) is 18.8 Å². The van der Waals surface area contributed by atoms with E-state index < -0.39 is 0 Å². The summed E-state index contributed by atoms with van der Waals surface area (Å²) in [5, 5.41) is 1.21. The molecule has 1 unspecified atom stereocenters. The van der Waals surface area contributed by atoms with Gasteiger partial charge in [0.05, 0.1) is 11.1 Å². The predicted octanol–water partition coefficient (Wildman–Crippen LogP) is 1.70. The minimum atomic E-state index is -0.291. The Morgan fingerprint density at radius 2 is 2.31 bits per heavy atom. The third-order valence-corrected chi connectivity index (χ3v) is 4.33. The highest BCUT2D eigenvalue weighted by Crippen LogP contribution is 2.29. The first-order chi connectivity index (χ1) is 7.58. The van der Waals surface area contributed by atoms with Crippen molar-refractivity contribution in [2.75, 3.05) is 12.3 Å². The van der Waals surface area contributed by atoms with E-state index in [0.29, 0.717) is 18.5 Å². The molecule has 0 aromatic heterocycles. The van der Waals surface area contributed by atoms with E-state index in [1.165, 1.54) is 5.04 Å². The Morgan fingerprint density at radius 1 is 1.62 bits per heavy atom. The zero-order valence-corrected chi connectivity index (χ0v) is 10.7. The van der Waals surface area contributed by atoms with E-state index in [-0.39, 0.29) is 12.1 Å². The molecule has 0 aromatic rings. The molecule has 0 bridgehead atoms. The van der Waals surface area contributed by atoms with Gasteiger partial charge in [-0.15, -0.1) is 11.8 Å². The van der Waals surface area contributed by atoms with Crippen LogP contribution in [-0.4, -0.2) is 40.4 Å². The van der Waals surface area contributed by atoms with Crippen molar-refractivity contribution in [1.29, 1.82) is 0 Å². The number of aliphatic imine (C=N–C) groups is 1. The Labute approximate surface area is 101 Å². The quantitative estimate of drug-likeness (QED) is 0.814. The first-order valence-corrected chi connectivity index (χ1v) is 6.83. The molecule has 1 aliphatic heterocycles. The lowest BCUT2D eigenvalue weighted by Gasteiger charge is -2.21. The van der Waals surface area contributed by atoms with E-state index >= 15 is 0 Å². The number of rotatable bonds is 4. The van der Waals surface area contributed by atoms with E-state index in [0.717, 1.165) is 18.6 Å². The summed E-state index contributed by atoms with van der Waals surface area (Å²) in [6.07, 6.45) is 2.20. The maximum atomic E-state index is 11.3. The highest BCUT2D eigenvalue weighted by atomic mass is 32.2. The molecular formula is C11H19N3OS.